The van der Waals surface area contributed by atoms with Crippen LogP contribution in [0.2, 0.25) is 0 Å². The number of amides is 6. The summed E-state index contributed by atoms with van der Waals surface area (Å²) in [6.07, 6.45) is -3.37. The number of carbonyl (C=O) groups is 4. The average molecular weight is 774 g/mol. The lowest BCUT2D eigenvalue weighted by Crippen LogP contribution is -2.48. The van der Waals surface area contributed by atoms with Crippen LogP contribution in [0, 0.1) is 5.82 Å². The SMILES string of the molecule is Cl.O=C(CN1CCN(Cc2csc(-c3ccc(NC(=O)Nc4cccc(C(F)(F)F)c4)cc3)n2)CC1)N/N=C/C1C(=O)NC(=O)N1c1ccc(F)cc1. The van der Waals surface area contributed by atoms with Gasteiger partial charge < -0.3 is 10.6 Å². The number of rotatable bonds is 10. The van der Waals surface area contributed by atoms with Gasteiger partial charge in [-0.25, -0.2) is 24.4 Å². The number of carbonyl (C=O) groups excluding carboxylic acids is 4. The van der Waals surface area contributed by atoms with Crippen molar-refractivity contribution in [2.45, 2.75) is 18.8 Å². The van der Waals surface area contributed by atoms with Crippen molar-refractivity contribution in [3.05, 3.63) is 95.3 Å². The summed E-state index contributed by atoms with van der Waals surface area (Å²) in [5.74, 6) is -1.50. The van der Waals surface area contributed by atoms with Crippen molar-refractivity contribution in [3.8, 4) is 10.6 Å². The van der Waals surface area contributed by atoms with E-state index in [1.54, 1.807) is 24.3 Å². The molecule has 1 aromatic heterocycles. The van der Waals surface area contributed by atoms with E-state index in [1.165, 1.54) is 47.7 Å². The number of imide groups is 1. The van der Waals surface area contributed by atoms with Crippen LogP contribution < -0.4 is 26.3 Å². The van der Waals surface area contributed by atoms with E-state index >= 15 is 0 Å². The van der Waals surface area contributed by atoms with Gasteiger partial charge in [-0.2, -0.15) is 18.3 Å². The van der Waals surface area contributed by atoms with Gasteiger partial charge in [0.25, 0.3) is 11.8 Å². The number of hydrogen-bond donors (Lipinski definition) is 4. The Bertz CT molecular complexity index is 1970. The van der Waals surface area contributed by atoms with Crippen LogP contribution in [0.3, 0.4) is 0 Å². The number of thiazole rings is 1. The van der Waals surface area contributed by atoms with Gasteiger partial charge in [0.15, 0.2) is 6.04 Å². The molecule has 2 aliphatic heterocycles. The third-order valence-electron chi connectivity index (χ3n) is 8.11. The van der Waals surface area contributed by atoms with Gasteiger partial charge in [-0.3, -0.25) is 29.6 Å². The molecule has 4 N–H and O–H groups in total. The van der Waals surface area contributed by atoms with E-state index in [2.05, 4.69) is 31.4 Å². The van der Waals surface area contributed by atoms with E-state index in [9.17, 15) is 36.7 Å². The first kappa shape index (κ1) is 38.8. The summed E-state index contributed by atoms with van der Waals surface area (Å²) in [6.45, 7) is 3.35. The fourth-order valence-corrected chi connectivity index (χ4v) is 6.34. The topological polar surface area (TPSA) is 151 Å². The summed E-state index contributed by atoms with van der Waals surface area (Å²) >= 11 is 1.47. The van der Waals surface area contributed by atoms with Gasteiger partial charge >= 0.3 is 18.2 Å². The Labute approximate surface area is 310 Å². The predicted octanol–water partition coefficient (Wildman–Crippen LogP) is 5.38. The Hall–Kier alpha value is -5.43. The minimum atomic E-state index is -4.52. The molecule has 6 rings (SSSR count). The number of aromatic nitrogens is 1. The van der Waals surface area contributed by atoms with Crippen LogP contribution in [0.5, 0.6) is 0 Å². The zero-order valence-corrected chi connectivity index (χ0v) is 29.2. The van der Waals surface area contributed by atoms with E-state index in [-0.39, 0.29) is 30.5 Å². The monoisotopic (exact) mass is 773 g/mol. The average Bonchev–Trinajstić information content (AvgIpc) is 3.69. The number of nitrogens with one attached hydrogen (secondary N) is 4. The van der Waals surface area contributed by atoms with E-state index in [4.69, 9.17) is 4.98 Å². The summed E-state index contributed by atoms with van der Waals surface area (Å²) in [6, 6.07) is 13.9. The van der Waals surface area contributed by atoms with Crippen molar-refractivity contribution in [2.75, 3.05) is 48.3 Å². The van der Waals surface area contributed by atoms with Crippen LogP contribution in [0.4, 0.5) is 44.2 Å². The van der Waals surface area contributed by atoms with Crippen molar-refractivity contribution < 1.29 is 36.7 Å². The van der Waals surface area contributed by atoms with Gasteiger partial charge in [0.2, 0.25) is 0 Å². The molecule has 6 amide bonds. The molecule has 0 aliphatic carbocycles. The van der Waals surface area contributed by atoms with E-state index in [1.807, 2.05) is 10.3 Å². The maximum Gasteiger partial charge on any atom is 0.416 e. The molecule has 278 valence electrons. The Balaban J connectivity index is 0.00000541. The third kappa shape index (κ3) is 10.1. The van der Waals surface area contributed by atoms with Gasteiger partial charge in [-0.1, -0.05) is 6.07 Å². The Morgan fingerprint density at radius 2 is 1.62 bits per heavy atom. The minimum Gasteiger partial charge on any atom is -0.308 e. The molecule has 3 heterocycles. The molecule has 0 saturated carbocycles. The number of benzene rings is 3. The maximum absolute atomic E-state index is 13.3. The van der Waals surface area contributed by atoms with E-state index < -0.39 is 41.6 Å². The highest BCUT2D eigenvalue weighted by molar-refractivity contribution is 7.13. The molecule has 0 radical (unpaired) electrons. The largest absolute Gasteiger partial charge is 0.416 e. The van der Waals surface area contributed by atoms with Gasteiger partial charge in [-0.05, 0) is 66.7 Å². The minimum absolute atomic E-state index is 0. The molecule has 19 heteroatoms. The second kappa shape index (κ2) is 16.9. The fraction of sp³-hybridized carbons (Fsp3) is 0.235. The fourth-order valence-electron chi connectivity index (χ4n) is 5.53. The highest BCUT2D eigenvalue weighted by atomic mass is 35.5. The molecule has 4 aromatic rings. The van der Waals surface area contributed by atoms with Gasteiger partial charge in [0.1, 0.15) is 10.8 Å². The molecule has 2 aliphatic rings. The zero-order valence-electron chi connectivity index (χ0n) is 27.6. The first-order valence-electron chi connectivity index (χ1n) is 15.9. The van der Waals surface area contributed by atoms with Gasteiger partial charge in [0, 0.05) is 60.7 Å². The summed E-state index contributed by atoms with van der Waals surface area (Å²) < 4.78 is 52.2. The summed E-state index contributed by atoms with van der Waals surface area (Å²) in [5, 5.41) is 13.8. The number of nitrogens with zero attached hydrogens (tertiary/aromatic N) is 5. The van der Waals surface area contributed by atoms with Gasteiger partial charge in [0.05, 0.1) is 24.0 Å². The second-order valence-corrected chi connectivity index (χ2v) is 12.7. The molecule has 3 aromatic carbocycles. The smallest absolute Gasteiger partial charge is 0.308 e. The molecule has 0 bridgehead atoms. The highest BCUT2D eigenvalue weighted by Crippen LogP contribution is 2.31. The molecule has 13 nitrogen and oxygen atoms in total. The zero-order chi connectivity index (χ0) is 36.8. The molecule has 53 heavy (non-hydrogen) atoms. The van der Waals surface area contributed by atoms with Gasteiger partial charge in [-0.15, -0.1) is 23.7 Å². The standard InChI is InChI=1S/C34H31F4N9O4S.ClH/c35-23-6-10-27(11-7-23)47-28(30(49)43-33(47)51)17-39-44-29(48)19-46-14-12-45(13-15-46)18-26-20-52-31(40-26)21-4-8-24(9-5-21)41-32(50)42-25-3-1-2-22(16-25)34(36,37)38;/h1-11,16-17,20,28H,12-15,18-19H2,(H,44,48)(H2,41,42,50)(H,43,49,51);1H/b39-17+;. The van der Waals surface area contributed by atoms with Crippen LogP contribution in [-0.2, 0) is 22.3 Å². The van der Waals surface area contributed by atoms with Crippen molar-refractivity contribution in [1.29, 1.82) is 0 Å². The van der Waals surface area contributed by atoms with Crippen molar-refractivity contribution in [2.24, 2.45) is 5.10 Å². The first-order valence-corrected chi connectivity index (χ1v) is 16.8. The lowest BCUT2D eigenvalue weighted by Gasteiger charge is -2.33. The number of alkyl halides is 3. The molecule has 0 spiro atoms. The molecular weight excluding hydrogens is 742 g/mol. The number of hydrogen-bond acceptors (Lipinski definition) is 9. The predicted molar refractivity (Wildman–Crippen MR) is 193 cm³/mol. The number of halogens is 5. The Morgan fingerprint density at radius 3 is 2.32 bits per heavy atom. The van der Waals surface area contributed by atoms with E-state index in [0.717, 1.165) is 39.5 Å². The Kier molecular flexibility index (Phi) is 12.4. The normalized spacial score (nSPS) is 16.7. The lowest BCUT2D eigenvalue weighted by atomic mass is 10.2. The maximum atomic E-state index is 13.3. The summed E-state index contributed by atoms with van der Waals surface area (Å²) in [5.41, 5.74) is 4.03. The van der Waals surface area contributed by atoms with E-state index in [0.29, 0.717) is 44.1 Å². The first-order chi connectivity index (χ1) is 24.9. The van der Waals surface area contributed by atoms with Crippen LogP contribution in [0.1, 0.15) is 11.3 Å². The molecular formula is C34H32ClF4N9O4S. The number of hydrazone groups is 1. The molecule has 1 atom stereocenters. The van der Waals surface area contributed by atoms with Crippen LogP contribution >= 0.6 is 23.7 Å². The molecule has 1 unspecified atom stereocenters. The Morgan fingerprint density at radius 1 is 0.943 bits per heavy atom. The summed E-state index contributed by atoms with van der Waals surface area (Å²) in [4.78, 5) is 59.5. The van der Waals surface area contributed by atoms with Crippen LogP contribution in [0.15, 0.2) is 83.3 Å². The number of urea groups is 2. The summed E-state index contributed by atoms with van der Waals surface area (Å²) in [7, 11) is 0. The van der Waals surface area contributed by atoms with Crippen molar-refractivity contribution in [3.63, 3.8) is 0 Å². The lowest BCUT2D eigenvalue weighted by molar-refractivity contribution is -0.137. The van der Waals surface area contributed by atoms with Crippen LogP contribution in [-0.4, -0.2) is 83.6 Å². The third-order valence-corrected chi connectivity index (χ3v) is 9.05. The van der Waals surface area contributed by atoms with Crippen LogP contribution in [0.25, 0.3) is 10.6 Å². The number of anilines is 3. The highest BCUT2D eigenvalue weighted by Gasteiger charge is 2.38. The van der Waals surface area contributed by atoms with Crippen molar-refractivity contribution in [1.82, 2.24) is 25.5 Å². The van der Waals surface area contributed by atoms with Crippen molar-refractivity contribution >= 4 is 70.9 Å². The molecule has 2 fully saturated rings. The quantitative estimate of drug-likeness (QED) is 0.0732. The second-order valence-electron chi connectivity index (χ2n) is 11.8. The number of piperazine rings is 1. The molecule has 2 saturated heterocycles.